The van der Waals surface area contributed by atoms with Crippen LogP contribution in [-0.4, -0.2) is 4.98 Å². The zero-order chi connectivity index (χ0) is 11.5. The molecule has 1 aromatic heterocycles. The Bertz CT molecular complexity index is 543. The van der Waals surface area contributed by atoms with E-state index in [9.17, 15) is 13.6 Å². The molecule has 0 saturated heterocycles. The van der Waals surface area contributed by atoms with Gasteiger partial charge in [-0.15, -0.1) is 0 Å². The van der Waals surface area contributed by atoms with Crippen molar-refractivity contribution < 1.29 is 8.78 Å². The summed E-state index contributed by atoms with van der Waals surface area (Å²) < 4.78 is 25.8. The first-order valence-electron chi connectivity index (χ1n) is 4.77. The van der Waals surface area contributed by atoms with Crippen LogP contribution in [0.15, 0.2) is 41.3 Å². The number of hydrogen-bond donors (Lipinski definition) is 1. The van der Waals surface area contributed by atoms with Gasteiger partial charge in [0.2, 0.25) is 0 Å². The van der Waals surface area contributed by atoms with Gasteiger partial charge in [-0.2, -0.15) is 0 Å². The highest BCUT2D eigenvalue weighted by Crippen LogP contribution is 2.10. The van der Waals surface area contributed by atoms with Gasteiger partial charge in [0, 0.05) is 24.2 Å². The predicted molar refractivity (Wildman–Crippen MR) is 56.2 cm³/mol. The van der Waals surface area contributed by atoms with Crippen LogP contribution in [0.3, 0.4) is 0 Å². The normalized spacial score (nSPS) is 10.4. The molecule has 0 fully saturated rings. The lowest BCUT2D eigenvalue weighted by Crippen LogP contribution is -2.11. The molecule has 0 aliphatic rings. The van der Waals surface area contributed by atoms with Gasteiger partial charge >= 0.3 is 0 Å². The molecule has 2 nitrogen and oxygen atoms in total. The number of hydrogen-bond acceptors (Lipinski definition) is 1. The van der Waals surface area contributed by atoms with Gasteiger partial charge in [0.15, 0.2) is 0 Å². The molecule has 0 bridgehead atoms. The van der Waals surface area contributed by atoms with Crippen LogP contribution in [0.4, 0.5) is 8.78 Å². The first-order chi connectivity index (χ1) is 7.65. The first kappa shape index (κ1) is 10.5. The van der Waals surface area contributed by atoms with Crippen LogP contribution in [0, 0.1) is 11.6 Å². The first-order valence-corrected chi connectivity index (χ1v) is 4.77. The molecule has 82 valence electrons. The quantitative estimate of drug-likeness (QED) is 0.828. The van der Waals surface area contributed by atoms with Crippen molar-refractivity contribution >= 4 is 0 Å². The van der Waals surface area contributed by atoms with Gasteiger partial charge in [-0.05, 0) is 23.8 Å². The maximum absolute atomic E-state index is 12.9. The minimum Gasteiger partial charge on any atom is -0.329 e. The molecule has 1 heterocycles. The number of benzene rings is 1. The van der Waals surface area contributed by atoms with Crippen molar-refractivity contribution in [3.05, 3.63) is 69.6 Å². The van der Waals surface area contributed by atoms with E-state index in [0.717, 1.165) is 6.07 Å². The molecular weight excluding hydrogens is 212 g/mol. The number of aromatic nitrogens is 1. The average Bonchev–Trinajstić information content (AvgIpc) is 2.20. The Morgan fingerprint density at radius 1 is 1.12 bits per heavy atom. The topological polar surface area (TPSA) is 32.9 Å². The highest BCUT2D eigenvalue weighted by molar-refractivity contribution is 5.25. The zero-order valence-corrected chi connectivity index (χ0v) is 8.34. The van der Waals surface area contributed by atoms with Gasteiger partial charge in [-0.1, -0.05) is 6.07 Å². The second-order valence-electron chi connectivity index (χ2n) is 3.48. The largest absolute Gasteiger partial charge is 0.329 e. The molecule has 0 unspecified atom stereocenters. The molecule has 0 aliphatic heterocycles. The maximum atomic E-state index is 12.9. The lowest BCUT2D eigenvalue weighted by atomic mass is 10.1. The van der Waals surface area contributed by atoms with Crippen molar-refractivity contribution in [2.75, 3.05) is 0 Å². The SMILES string of the molecule is O=c1[nH]cccc1Cc1cc(F)cc(F)c1. The van der Waals surface area contributed by atoms with Crippen LogP contribution in [0.5, 0.6) is 0 Å². The van der Waals surface area contributed by atoms with Gasteiger partial charge in [-0.3, -0.25) is 4.79 Å². The van der Waals surface area contributed by atoms with E-state index in [1.807, 2.05) is 0 Å². The van der Waals surface area contributed by atoms with Gasteiger partial charge in [-0.25, -0.2) is 8.78 Å². The standard InChI is InChI=1S/C12H9F2NO/c13-10-5-8(6-11(14)7-10)4-9-2-1-3-15-12(9)16/h1-3,5-7H,4H2,(H,15,16). The van der Waals surface area contributed by atoms with E-state index in [-0.39, 0.29) is 12.0 Å². The fourth-order valence-corrected chi connectivity index (χ4v) is 1.53. The maximum Gasteiger partial charge on any atom is 0.251 e. The molecule has 16 heavy (non-hydrogen) atoms. The summed E-state index contributed by atoms with van der Waals surface area (Å²) in [6.45, 7) is 0. The number of halogens is 2. The Hall–Kier alpha value is -1.97. The highest BCUT2D eigenvalue weighted by Gasteiger charge is 2.04. The van der Waals surface area contributed by atoms with Crippen LogP contribution in [0.1, 0.15) is 11.1 Å². The molecule has 2 aromatic rings. The molecule has 4 heteroatoms. The van der Waals surface area contributed by atoms with Crippen LogP contribution in [0.25, 0.3) is 0 Å². The van der Waals surface area contributed by atoms with Crippen LogP contribution < -0.4 is 5.56 Å². The minimum atomic E-state index is -0.637. The monoisotopic (exact) mass is 221 g/mol. The molecule has 1 aromatic carbocycles. The van der Waals surface area contributed by atoms with E-state index in [1.54, 1.807) is 12.1 Å². The Labute approximate surface area is 90.6 Å². The summed E-state index contributed by atoms with van der Waals surface area (Å²) in [5.41, 5.74) is 0.675. The smallest absolute Gasteiger partial charge is 0.251 e. The zero-order valence-electron chi connectivity index (χ0n) is 8.34. The van der Waals surface area contributed by atoms with Crippen molar-refractivity contribution in [3.63, 3.8) is 0 Å². The summed E-state index contributed by atoms with van der Waals surface area (Å²) in [7, 11) is 0. The number of aromatic amines is 1. The van der Waals surface area contributed by atoms with E-state index >= 15 is 0 Å². The molecule has 2 rings (SSSR count). The van der Waals surface area contributed by atoms with Gasteiger partial charge in [0.25, 0.3) is 5.56 Å². The van der Waals surface area contributed by atoms with Gasteiger partial charge in [0.05, 0.1) is 0 Å². The van der Waals surface area contributed by atoms with Crippen molar-refractivity contribution in [1.29, 1.82) is 0 Å². The summed E-state index contributed by atoms with van der Waals surface area (Å²) >= 11 is 0. The van der Waals surface area contributed by atoms with Gasteiger partial charge in [0.1, 0.15) is 11.6 Å². The molecular formula is C12H9F2NO. The van der Waals surface area contributed by atoms with E-state index in [1.165, 1.54) is 18.3 Å². The van der Waals surface area contributed by atoms with Crippen LogP contribution in [-0.2, 0) is 6.42 Å². The molecule has 0 spiro atoms. The number of rotatable bonds is 2. The average molecular weight is 221 g/mol. The Morgan fingerprint density at radius 2 is 1.81 bits per heavy atom. The Morgan fingerprint density at radius 3 is 2.44 bits per heavy atom. The van der Waals surface area contributed by atoms with Crippen molar-refractivity contribution in [3.8, 4) is 0 Å². The number of nitrogens with one attached hydrogen (secondary N) is 1. The number of H-pyrrole nitrogens is 1. The third-order valence-electron chi connectivity index (χ3n) is 2.22. The second-order valence-corrected chi connectivity index (χ2v) is 3.48. The molecule has 0 amide bonds. The molecule has 0 saturated carbocycles. The molecule has 0 aliphatic carbocycles. The Balaban J connectivity index is 2.34. The summed E-state index contributed by atoms with van der Waals surface area (Å²) in [6.07, 6.45) is 1.73. The summed E-state index contributed by atoms with van der Waals surface area (Å²) in [5, 5.41) is 0. The number of pyridine rings is 1. The van der Waals surface area contributed by atoms with Gasteiger partial charge < -0.3 is 4.98 Å². The third-order valence-corrected chi connectivity index (χ3v) is 2.22. The summed E-state index contributed by atoms with van der Waals surface area (Å²) in [6, 6.07) is 6.54. The van der Waals surface area contributed by atoms with Crippen molar-refractivity contribution in [2.45, 2.75) is 6.42 Å². The van der Waals surface area contributed by atoms with E-state index in [0.29, 0.717) is 11.1 Å². The molecule has 0 atom stereocenters. The third kappa shape index (κ3) is 2.34. The van der Waals surface area contributed by atoms with E-state index in [4.69, 9.17) is 0 Å². The van der Waals surface area contributed by atoms with Crippen LogP contribution in [0.2, 0.25) is 0 Å². The Kier molecular flexibility index (Phi) is 2.81. The van der Waals surface area contributed by atoms with E-state index in [2.05, 4.69) is 4.98 Å². The summed E-state index contributed by atoms with van der Waals surface area (Å²) in [4.78, 5) is 13.9. The fourth-order valence-electron chi connectivity index (χ4n) is 1.53. The highest BCUT2D eigenvalue weighted by atomic mass is 19.1. The van der Waals surface area contributed by atoms with Crippen molar-refractivity contribution in [2.24, 2.45) is 0 Å². The minimum absolute atomic E-state index is 0.213. The molecule has 0 radical (unpaired) electrons. The fraction of sp³-hybridized carbons (Fsp3) is 0.0833. The van der Waals surface area contributed by atoms with Crippen LogP contribution >= 0.6 is 0 Å². The summed E-state index contributed by atoms with van der Waals surface area (Å²) in [5.74, 6) is -1.27. The lowest BCUT2D eigenvalue weighted by molar-refractivity contribution is 0.580. The van der Waals surface area contributed by atoms with E-state index < -0.39 is 11.6 Å². The lowest BCUT2D eigenvalue weighted by Gasteiger charge is -2.01. The van der Waals surface area contributed by atoms with Crippen molar-refractivity contribution in [1.82, 2.24) is 4.98 Å². The molecule has 1 N–H and O–H groups in total. The predicted octanol–water partition coefficient (Wildman–Crippen LogP) is 2.24. The second kappa shape index (κ2) is 4.26.